The van der Waals surface area contributed by atoms with Crippen LogP contribution in [-0.4, -0.2) is 18.1 Å². The summed E-state index contributed by atoms with van der Waals surface area (Å²) in [4.78, 5) is 21.5. The standard InChI is InChI=1S/C11H18N2O3/c1-3-7(2)12-11(14)10-6-9(8-4-5-8)13-16-15-10/h8-10,13H,2-6H2,1H3,(H,12,14). The summed E-state index contributed by atoms with van der Waals surface area (Å²) in [6, 6.07) is 0.236. The largest absolute Gasteiger partial charge is 0.328 e. The van der Waals surface area contributed by atoms with E-state index in [-0.39, 0.29) is 11.9 Å². The fraction of sp³-hybridized carbons (Fsp3) is 0.727. The third-order valence-electron chi connectivity index (χ3n) is 3.04. The first-order valence-corrected chi connectivity index (χ1v) is 5.77. The molecule has 0 radical (unpaired) electrons. The molecule has 1 amide bonds. The average molecular weight is 226 g/mol. The molecule has 2 fully saturated rings. The van der Waals surface area contributed by atoms with Crippen molar-refractivity contribution in [2.45, 2.75) is 44.8 Å². The number of carbonyl (C=O) groups is 1. The maximum atomic E-state index is 11.8. The van der Waals surface area contributed by atoms with Crippen LogP contribution in [0.3, 0.4) is 0 Å². The molecule has 5 heteroatoms. The van der Waals surface area contributed by atoms with E-state index in [0.29, 0.717) is 18.0 Å². The molecule has 2 unspecified atom stereocenters. The minimum atomic E-state index is -0.532. The van der Waals surface area contributed by atoms with Crippen LogP contribution in [0.15, 0.2) is 12.3 Å². The smallest absolute Gasteiger partial charge is 0.256 e. The highest BCUT2D eigenvalue weighted by Gasteiger charge is 2.38. The zero-order valence-electron chi connectivity index (χ0n) is 9.49. The van der Waals surface area contributed by atoms with Crippen molar-refractivity contribution in [1.29, 1.82) is 0 Å². The third-order valence-corrected chi connectivity index (χ3v) is 3.04. The molecule has 1 heterocycles. The molecule has 0 spiro atoms. The Bertz CT molecular complexity index is 289. The van der Waals surface area contributed by atoms with Crippen LogP contribution in [0, 0.1) is 5.92 Å². The molecule has 0 aromatic heterocycles. The van der Waals surface area contributed by atoms with Gasteiger partial charge in [-0.05, 0) is 25.2 Å². The van der Waals surface area contributed by atoms with Gasteiger partial charge >= 0.3 is 0 Å². The van der Waals surface area contributed by atoms with Gasteiger partial charge in [-0.15, -0.1) is 4.99 Å². The molecule has 16 heavy (non-hydrogen) atoms. The highest BCUT2D eigenvalue weighted by molar-refractivity contribution is 5.82. The Labute approximate surface area is 95.1 Å². The van der Waals surface area contributed by atoms with Crippen LogP contribution in [0.1, 0.15) is 32.6 Å². The van der Waals surface area contributed by atoms with Gasteiger partial charge in [-0.2, -0.15) is 5.48 Å². The number of carbonyl (C=O) groups excluding carboxylic acids is 1. The maximum absolute atomic E-state index is 11.8. The Morgan fingerprint density at radius 3 is 2.94 bits per heavy atom. The topological polar surface area (TPSA) is 59.6 Å². The molecule has 1 saturated carbocycles. The molecular formula is C11H18N2O3. The van der Waals surface area contributed by atoms with Crippen molar-refractivity contribution < 1.29 is 14.7 Å². The quantitative estimate of drug-likeness (QED) is 0.703. The van der Waals surface area contributed by atoms with E-state index in [4.69, 9.17) is 9.88 Å². The number of allylic oxidation sites excluding steroid dienone is 1. The average Bonchev–Trinajstić information content (AvgIpc) is 3.13. The highest BCUT2D eigenvalue weighted by Crippen LogP contribution is 2.35. The second-order valence-electron chi connectivity index (χ2n) is 4.41. The molecule has 0 aromatic carbocycles. The normalized spacial score (nSPS) is 29.8. The Kier molecular flexibility index (Phi) is 3.58. The predicted molar refractivity (Wildman–Crippen MR) is 57.8 cm³/mol. The molecule has 2 aliphatic rings. The lowest BCUT2D eigenvalue weighted by Crippen LogP contribution is -2.48. The molecule has 0 aromatic rings. The second kappa shape index (κ2) is 4.95. The van der Waals surface area contributed by atoms with Crippen molar-refractivity contribution in [3.8, 4) is 0 Å². The van der Waals surface area contributed by atoms with E-state index in [1.807, 2.05) is 6.92 Å². The summed E-state index contributed by atoms with van der Waals surface area (Å²) < 4.78 is 0. The highest BCUT2D eigenvalue weighted by atomic mass is 17.3. The summed E-state index contributed by atoms with van der Waals surface area (Å²) in [5.74, 6) is 0.465. The number of hydrogen-bond acceptors (Lipinski definition) is 4. The van der Waals surface area contributed by atoms with Crippen LogP contribution in [-0.2, 0) is 14.7 Å². The van der Waals surface area contributed by atoms with Gasteiger partial charge < -0.3 is 5.32 Å². The molecule has 2 atom stereocenters. The van der Waals surface area contributed by atoms with E-state index in [0.717, 1.165) is 6.42 Å². The van der Waals surface area contributed by atoms with Crippen LogP contribution in [0.4, 0.5) is 0 Å². The maximum Gasteiger partial charge on any atom is 0.256 e. The molecule has 1 saturated heterocycles. The molecule has 1 aliphatic heterocycles. The van der Waals surface area contributed by atoms with Crippen molar-refractivity contribution >= 4 is 5.91 Å². The van der Waals surface area contributed by atoms with E-state index in [2.05, 4.69) is 17.4 Å². The lowest BCUT2D eigenvalue weighted by Gasteiger charge is -2.27. The summed E-state index contributed by atoms with van der Waals surface area (Å²) in [6.07, 6.45) is 3.26. The summed E-state index contributed by atoms with van der Waals surface area (Å²) in [5, 5.41) is 2.71. The van der Waals surface area contributed by atoms with Crippen molar-refractivity contribution in [3.63, 3.8) is 0 Å². The number of amides is 1. The summed E-state index contributed by atoms with van der Waals surface area (Å²) in [6.45, 7) is 5.67. The Morgan fingerprint density at radius 1 is 1.56 bits per heavy atom. The molecular weight excluding hydrogens is 208 g/mol. The van der Waals surface area contributed by atoms with Crippen molar-refractivity contribution in [2.75, 3.05) is 0 Å². The van der Waals surface area contributed by atoms with Crippen LogP contribution < -0.4 is 10.8 Å². The molecule has 90 valence electrons. The van der Waals surface area contributed by atoms with Gasteiger partial charge in [-0.1, -0.05) is 13.5 Å². The Hall–Kier alpha value is -0.910. The number of rotatable bonds is 4. The van der Waals surface area contributed by atoms with Gasteiger partial charge in [0.2, 0.25) is 0 Å². The lowest BCUT2D eigenvalue weighted by molar-refractivity contribution is -0.384. The van der Waals surface area contributed by atoms with Gasteiger partial charge in [0, 0.05) is 18.2 Å². The first kappa shape index (κ1) is 11.6. The van der Waals surface area contributed by atoms with Gasteiger partial charge in [-0.25, -0.2) is 4.89 Å². The van der Waals surface area contributed by atoms with E-state index in [1.54, 1.807) is 0 Å². The van der Waals surface area contributed by atoms with Crippen molar-refractivity contribution in [2.24, 2.45) is 5.92 Å². The van der Waals surface area contributed by atoms with Gasteiger partial charge in [0.25, 0.3) is 5.91 Å². The molecule has 1 aliphatic carbocycles. The SMILES string of the molecule is C=C(CC)NC(=O)C1CC(C2CC2)NOO1. The first-order valence-electron chi connectivity index (χ1n) is 5.77. The van der Waals surface area contributed by atoms with E-state index in [9.17, 15) is 4.79 Å². The fourth-order valence-corrected chi connectivity index (χ4v) is 1.75. The predicted octanol–water partition coefficient (Wildman–Crippen LogP) is 1.03. The molecule has 2 rings (SSSR count). The third kappa shape index (κ3) is 2.81. The minimum Gasteiger partial charge on any atom is -0.328 e. The number of hydroxylamine groups is 1. The van der Waals surface area contributed by atoms with Crippen LogP contribution in [0.25, 0.3) is 0 Å². The monoisotopic (exact) mass is 226 g/mol. The Balaban J connectivity index is 1.83. The molecule has 2 N–H and O–H groups in total. The fourth-order valence-electron chi connectivity index (χ4n) is 1.75. The second-order valence-corrected chi connectivity index (χ2v) is 4.41. The van der Waals surface area contributed by atoms with E-state index >= 15 is 0 Å². The lowest BCUT2D eigenvalue weighted by atomic mass is 10.0. The van der Waals surface area contributed by atoms with Crippen LogP contribution >= 0.6 is 0 Å². The minimum absolute atomic E-state index is 0.168. The first-order chi connectivity index (χ1) is 7.70. The Morgan fingerprint density at radius 2 is 2.31 bits per heavy atom. The van der Waals surface area contributed by atoms with Gasteiger partial charge in [-0.3, -0.25) is 4.79 Å². The van der Waals surface area contributed by atoms with Gasteiger partial charge in [0.15, 0.2) is 6.10 Å². The zero-order valence-corrected chi connectivity index (χ0v) is 9.49. The van der Waals surface area contributed by atoms with Gasteiger partial charge in [0.1, 0.15) is 0 Å². The molecule has 0 bridgehead atoms. The van der Waals surface area contributed by atoms with Crippen molar-refractivity contribution in [3.05, 3.63) is 12.3 Å². The summed E-state index contributed by atoms with van der Waals surface area (Å²) >= 11 is 0. The molecule has 5 nitrogen and oxygen atoms in total. The number of hydrogen-bond donors (Lipinski definition) is 2. The van der Waals surface area contributed by atoms with E-state index < -0.39 is 6.10 Å². The number of nitrogens with one attached hydrogen (secondary N) is 2. The van der Waals surface area contributed by atoms with Crippen LogP contribution in [0.2, 0.25) is 0 Å². The zero-order chi connectivity index (χ0) is 11.5. The summed E-state index contributed by atoms with van der Waals surface area (Å²) in [7, 11) is 0. The summed E-state index contributed by atoms with van der Waals surface area (Å²) in [5.41, 5.74) is 3.51. The van der Waals surface area contributed by atoms with Gasteiger partial charge in [0.05, 0.1) is 0 Å². The van der Waals surface area contributed by atoms with Crippen LogP contribution in [0.5, 0.6) is 0 Å². The van der Waals surface area contributed by atoms with Crippen molar-refractivity contribution in [1.82, 2.24) is 10.8 Å². The van der Waals surface area contributed by atoms with E-state index in [1.165, 1.54) is 12.8 Å².